The maximum absolute atomic E-state index is 10.8. The van der Waals surface area contributed by atoms with Crippen LogP contribution in [0.1, 0.15) is 12.0 Å². The predicted molar refractivity (Wildman–Crippen MR) is 59.9 cm³/mol. The molecule has 0 aliphatic heterocycles. The first-order valence-corrected chi connectivity index (χ1v) is 5.07. The van der Waals surface area contributed by atoms with Crippen LogP contribution >= 0.6 is 0 Å². The minimum absolute atomic E-state index is 0.202. The Morgan fingerprint density at radius 3 is 2.75 bits per heavy atom. The van der Waals surface area contributed by atoms with Crippen LogP contribution in [0.4, 0.5) is 0 Å². The summed E-state index contributed by atoms with van der Waals surface area (Å²) in [6, 6.07) is 5.58. The molecule has 0 fully saturated rings. The summed E-state index contributed by atoms with van der Waals surface area (Å²) in [6.45, 7) is 1.77. The maximum Gasteiger partial charge on any atom is 0.161 e. The van der Waals surface area contributed by atoms with Crippen molar-refractivity contribution in [1.82, 2.24) is 0 Å². The Morgan fingerprint density at radius 1 is 1.38 bits per heavy atom. The number of hydrogen-bond acceptors (Lipinski definition) is 4. The minimum atomic E-state index is -0.436. The molecule has 0 atom stereocenters. The van der Waals surface area contributed by atoms with E-state index in [1.165, 1.54) is 0 Å². The van der Waals surface area contributed by atoms with Gasteiger partial charge in [0.2, 0.25) is 0 Å². The van der Waals surface area contributed by atoms with E-state index in [9.17, 15) is 4.79 Å². The molecule has 1 aromatic rings. The molecule has 0 aliphatic rings. The molecule has 1 rings (SSSR count). The van der Waals surface area contributed by atoms with Gasteiger partial charge < -0.3 is 14.6 Å². The highest BCUT2D eigenvalue weighted by Crippen LogP contribution is 2.27. The number of ketones is 1. The molecule has 4 nitrogen and oxygen atoms in total. The third-order valence-corrected chi connectivity index (χ3v) is 2.13. The van der Waals surface area contributed by atoms with Crippen LogP contribution in [0.25, 0.3) is 0 Å². The van der Waals surface area contributed by atoms with Gasteiger partial charge in [-0.05, 0) is 24.6 Å². The van der Waals surface area contributed by atoms with Crippen molar-refractivity contribution in [3.63, 3.8) is 0 Å². The first-order valence-electron chi connectivity index (χ1n) is 5.07. The van der Waals surface area contributed by atoms with E-state index in [-0.39, 0.29) is 18.8 Å². The number of rotatable bonds is 6. The van der Waals surface area contributed by atoms with Gasteiger partial charge in [0.15, 0.2) is 17.3 Å². The van der Waals surface area contributed by atoms with Gasteiger partial charge in [-0.15, -0.1) is 0 Å². The third-order valence-electron chi connectivity index (χ3n) is 2.13. The molecule has 0 bridgehead atoms. The Bertz CT molecular complexity index is 360. The fourth-order valence-corrected chi connectivity index (χ4v) is 1.25. The molecule has 0 unspecified atom stereocenters. The second-order valence-corrected chi connectivity index (χ2v) is 3.45. The number of ether oxygens (including phenoxy) is 2. The number of carbonyl (C=O) groups excluding carboxylic acids is 1. The van der Waals surface area contributed by atoms with Crippen molar-refractivity contribution in [2.24, 2.45) is 0 Å². The second-order valence-electron chi connectivity index (χ2n) is 3.45. The van der Waals surface area contributed by atoms with E-state index in [1.54, 1.807) is 13.2 Å². The van der Waals surface area contributed by atoms with E-state index < -0.39 is 6.61 Å². The molecule has 0 spiro atoms. The molecule has 0 aliphatic carbocycles. The summed E-state index contributed by atoms with van der Waals surface area (Å²) in [4.78, 5) is 10.8. The number of carbonyl (C=O) groups is 1. The van der Waals surface area contributed by atoms with Crippen molar-refractivity contribution in [3.05, 3.63) is 23.8 Å². The average molecular weight is 224 g/mol. The first kappa shape index (κ1) is 12.5. The highest BCUT2D eigenvalue weighted by atomic mass is 16.5. The lowest BCUT2D eigenvalue weighted by Gasteiger charge is -2.10. The Morgan fingerprint density at radius 2 is 2.12 bits per heavy atom. The normalized spacial score (nSPS) is 9.94. The Labute approximate surface area is 94.8 Å². The van der Waals surface area contributed by atoms with E-state index in [0.29, 0.717) is 11.5 Å². The molecule has 4 heteroatoms. The topological polar surface area (TPSA) is 55.8 Å². The van der Waals surface area contributed by atoms with Crippen LogP contribution < -0.4 is 9.47 Å². The van der Waals surface area contributed by atoms with Gasteiger partial charge in [-0.2, -0.15) is 0 Å². The van der Waals surface area contributed by atoms with Gasteiger partial charge in [0.05, 0.1) is 13.7 Å². The standard InChI is InChI=1S/C12H16O4/c1-9-3-4-11(12(7-9)15-2)16-6-5-10(14)8-13/h3-4,7,13H,5-6,8H2,1-2H3. The zero-order valence-corrected chi connectivity index (χ0v) is 9.53. The quantitative estimate of drug-likeness (QED) is 0.792. The zero-order chi connectivity index (χ0) is 12.0. The summed E-state index contributed by atoms with van der Waals surface area (Å²) in [5.41, 5.74) is 1.08. The van der Waals surface area contributed by atoms with Crippen molar-refractivity contribution >= 4 is 5.78 Å². The number of Topliss-reactive ketones (excluding diaryl/α,β-unsaturated/α-hetero) is 1. The van der Waals surface area contributed by atoms with Gasteiger partial charge in [-0.1, -0.05) is 6.07 Å². The van der Waals surface area contributed by atoms with E-state index in [2.05, 4.69) is 0 Å². The van der Waals surface area contributed by atoms with Crippen molar-refractivity contribution in [2.45, 2.75) is 13.3 Å². The number of methoxy groups -OCH3 is 1. The number of aliphatic hydroxyl groups is 1. The number of benzene rings is 1. The molecular formula is C12H16O4. The Kier molecular flexibility index (Phi) is 4.79. The largest absolute Gasteiger partial charge is 0.493 e. The molecular weight excluding hydrogens is 208 g/mol. The summed E-state index contributed by atoms with van der Waals surface area (Å²) in [5, 5.41) is 8.54. The number of hydrogen-bond donors (Lipinski definition) is 1. The summed E-state index contributed by atoms with van der Waals surface area (Å²) in [6.07, 6.45) is 0.202. The van der Waals surface area contributed by atoms with Gasteiger partial charge in [0.1, 0.15) is 6.61 Å². The molecule has 0 radical (unpaired) electrons. The molecule has 88 valence electrons. The zero-order valence-electron chi connectivity index (χ0n) is 9.53. The minimum Gasteiger partial charge on any atom is -0.493 e. The lowest BCUT2D eigenvalue weighted by Crippen LogP contribution is -2.09. The molecule has 0 saturated heterocycles. The first-order chi connectivity index (χ1) is 7.67. The summed E-state index contributed by atoms with van der Waals surface area (Å²) in [7, 11) is 1.57. The van der Waals surface area contributed by atoms with E-state index >= 15 is 0 Å². The summed E-state index contributed by atoms with van der Waals surface area (Å²) >= 11 is 0. The highest BCUT2D eigenvalue weighted by molar-refractivity contribution is 5.79. The van der Waals surface area contributed by atoms with Crippen LogP contribution in [-0.2, 0) is 4.79 Å². The van der Waals surface area contributed by atoms with Crippen LogP contribution in [0.3, 0.4) is 0 Å². The maximum atomic E-state index is 10.8. The molecule has 1 N–H and O–H groups in total. The molecule has 0 saturated carbocycles. The number of aliphatic hydroxyl groups excluding tert-OH is 1. The van der Waals surface area contributed by atoms with Crippen LogP contribution in [-0.4, -0.2) is 31.2 Å². The smallest absolute Gasteiger partial charge is 0.161 e. The second kappa shape index (κ2) is 6.12. The van der Waals surface area contributed by atoms with Crippen LogP contribution in [0.5, 0.6) is 11.5 Å². The van der Waals surface area contributed by atoms with E-state index in [1.807, 2.05) is 19.1 Å². The molecule has 16 heavy (non-hydrogen) atoms. The van der Waals surface area contributed by atoms with Crippen molar-refractivity contribution in [1.29, 1.82) is 0 Å². The third kappa shape index (κ3) is 3.55. The van der Waals surface area contributed by atoms with E-state index in [0.717, 1.165) is 5.56 Å². The lowest BCUT2D eigenvalue weighted by molar-refractivity contribution is -0.122. The Balaban J connectivity index is 2.56. The molecule has 0 amide bonds. The fraction of sp³-hybridized carbons (Fsp3) is 0.417. The summed E-state index contributed by atoms with van der Waals surface area (Å²) in [5.74, 6) is 1.03. The molecule has 1 aromatic carbocycles. The molecule has 0 heterocycles. The van der Waals surface area contributed by atoms with Gasteiger partial charge in [0.25, 0.3) is 0 Å². The van der Waals surface area contributed by atoms with Crippen LogP contribution in [0.15, 0.2) is 18.2 Å². The van der Waals surface area contributed by atoms with Gasteiger partial charge in [-0.25, -0.2) is 0 Å². The highest BCUT2D eigenvalue weighted by Gasteiger charge is 2.05. The van der Waals surface area contributed by atoms with Gasteiger partial charge in [0, 0.05) is 6.42 Å². The van der Waals surface area contributed by atoms with Crippen molar-refractivity contribution in [2.75, 3.05) is 20.3 Å². The predicted octanol–water partition coefficient (Wildman–Crippen LogP) is 1.33. The Hall–Kier alpha value is -1.55. The molecule has 0 aromatic heterocycles. The van der Waals surface area contributed by atoms with Gasteiger partial charge >= 0.3 is 0 Å². The monoisotopic (exact) mass is 224 g/mol. The summed E-state index contributed by atoms with van der Waals surface area (Å²) < 4.78 is 10.5. The van der Waals surface area contributed by atoms with E-state index in [4.69, 9.17) is 14.6 Å². The van der Waals surface area contributed by atoms with Crippen molar-refractivity contribution in [3.8, 4) is 11.5 Å². The van der Waals surface area contributed by atoms with Crippen molar-refractivity contribution < 1.29 is 19.4 Å². The lowest BCUT2D eigenvalue weighted by atomic mass is 10.2. The fourth-order valence-electron chi connectivity index (χ4n) is 1.25. The number of aryl methyl sites for hydroxylation is 1. The van der Waals surface area contributed by atoms with Gasteiger partial charge in [-0.3, -0.25) is 4.79 Å². The average Bonchev–Trinajstić information content (AvgIpc) is 2.30. The van der Waals surface area contributed by atoms with Crippen LogP contribution in [0, 0.1) is 6.92 Å². The SMILES string of the molecule is COc1cc(C)ccc1OCCC(=O)CO. The van der Waals surface area contributed by atoms with Crippen LogP contribution in [0.2, 0.25) is 0 Å².